The zero-order chi connectivity index (χ0) is 13.7. The standard InChI is InChI=1S/C15H19N3O/c1-18(2)11-12-5-3-4-6-15(12)17-9-13-7-8-14(19)10-16-13/h3-8,10,17,19H,9,11H2,1-2H3. The van der Waals surface area contributed by atoms with Crippen molar-refractivity contribution in [2.45, 2.75) is 13.1 Å². The Labute approximate surface area is 113 Å². The molecule has 100 valence electrons. The van der Waals surface area contributed by atoms with E-state index in [4.69, 9.17) is 0 Å². The van der Waals surface area contributed by atoms with Gasteiger partial charge in [-0.2, -0.15) is 0 Å². The first-order valence-electron chi connectivity index (χ1n) is 6.25. The summed E-state index contributed by atoms with van der Waals surface area (Å²) in [5, 5.41) is 12.6. The fraction of sp³-hybridized carbons (Fsp3) is 0.267. The molecule has 2 rings (SSSR count). The second kappa shape index (κ2) is 6.20. The lowest BCUT2D eigenvalue weighted by molar-refractivity contribution is 0.403. The molecule has 0 bridgehead atoms. The average molecular weight is 257 g/mol. The molecule has 0 saturated carbocycles. The molecular formula is C15H19N3O. The Morgan fingerprint density at radius 3 is 2.63 bits per heavy atom. The molecular weight excluding hydrogens is 238 g/mol. The Balaban J connectivity index is 2.04. The number of hydrogen-bond donors (Lipinski definition) is 2. The first-order valence-corrected chi connectivity index (χ1v) is 6.25. The zero-order valence-electron chi connectivity index (χ0n) is 11.3. The number of aromatic nitrogens is 1. The van der Waals surface area contributed by atoms with Gasteiger partial charge in [0.1, 0.15) is 5.75 Å². The molecule has 4 nitrogen and oxygen atoms in total. The molecule has 0 spiro atoms. The van der Waals surface area contributed by atoms with Crippen molar-refractivity contribution in [3.8, 4) is 5.75 Å². The van der Waals surface area contributed by atoms with Gasteiger partial charge in [-0.25, -0.2) is 0 Å². The Morgan fingerprint density at radius 2 is 1.95 bits per heavy atom. The van der Waals surface area contributed by atoms with Crippen molar-refractivity contribution < 1.29 is 5.11 Å². The van der Waals surface area contributed by atoms with Gasteiger partial charge in [-0.15, -0.1) is 0 Å². The van der Waals surface area contributed by atoms with Gasteiger partial charge in [0.25, 0.3) is 0 Å². The summed E-state index contributed by atoms with van der Waals surface area (Å²) >= 11 is 0. The SMILES string of the molecule is CN(C)Cc1ccccc1NCc1ccc(O)cn1. The van der Waals surface area contributed by atoms with E-state index in [1.54, 1.807) is 6.07 Å². The molecule has 4 heteroatoms. The lowest BCUT2D eigenvalue weighted by Crippen LogP contribution is -2.13. The Bertz CT molecular complexity index is 523. The second-order valence-electron chi connectivity index (χ2n) is 4.76. The van der Waals surface area contributed by atoms with E-state index in [0.717, 1.165) is 17.9 Å². The van der Waals surface area contributed by atoms with E-state index in [9.17, 15) is 5.11 Å². The van der Waals surface area contributed by atoms with Crippen molar-refractivity contribution in [3.05, 3.63) is 53.9 Å². The van der Waals surface area contributed by atoms with Crippen LogP contribution in [-0.4, -0.2) is 29.1 Å². The lowest BCUT2D eigenvalue weighted by Gasteiger charge is -2.15. The van der Waals surface area contributed by atoms with Crippen LogP contribution in [0, 0.1) is 0 Å². The fourth-order valence-electron chi connectivity index (χ4n) is 1.88. The maximum absolute atomic E-state index is 9.20. The van der Waals surface area contributed by atoms with E-state index in [0.29, 0.717) is 6.54 Å². The molecule has 0 aliphatic heterocycles. The third-order valence-electron chi connectivity index (χ3n) is 2.77. The quantitative estimate of drug-likeness (QED) is 0.864. The van der Waals surface area contributed by atoms with Gasteiger partial charge in [-0.3, -0.25) is 4.98 Å². The highest BCUT2D eigenvalue weighted by atomic mass is 16.3. The number of hydrogen-bond acceptors (Lipinski definition) is 4. The number of anilines is 1. The van der Waals surface area contributed by atoms with E-state index in [2.05, 4.69) is 41.4 Å². The third kappa shape index (κ3) is 3.96. The van der Waals surface area contributed by atoms with E-state index >= 15 is 0 Å². The van der Waals surface area contributed by atoms with Crippen LogP contribution in [0.1, 0.15) is 11.3 Å². The van der Waals surface area contributed by atoms with Crippen LogP contribution in [0.3, 0.4) is 0 Å². The molecule has 0 unspecified atom stereocenters. The van der Waals surface area contributed by atoms with Gasteiger partial charge >= 0.3 is 0 Å². The smallest absolute Gasteiger partial charge is 0.133 e. The number of aromatic hydroxyl groups is 1. The molecule has 1 aromatic heterocycles. The van der Waals surface area contributed by atoms with E-state index < -0.39 is 0 Å². The van der Waals surface area contributed by atoms with E-state index in [1.807, 2.05) is 18.2 Å². The molecule has 0 radical (unpaired) electrons. The van der Waals surface area contributed by atoms with Crippen molar-refractivity contribution >= 4 is 5.69 Å². The summed E-state index contributed by atoms with van der Waals surface area (Å²) in [6.07, 6.45) is 1.46. The zero-order valence-corrected chi connectivity index (χ0v) is 11.3. The normalized spacial score (nSPS) is 10.7. The van der Waals surface area contributed by atoms with Crippen LogP contribution in [0.5, 0.6) is 5.75 Å². The van der Waals surface area contributed by atoms with Gasteiger partial charge in [0.2, 0.25) is 0 Å². The van der Waals surface area contributed by atoms with Gasteiger partial charge in [0, 0.05) is 12.2 Å². The predicted octanol–water partition coefficient (Wildman–Crippen LogP) is 2.46. The molecule has 2 N–H and O–H groups in total. The highest BCUT2D eigenvalue weighted by Crippen LogP contribution is 2.17. The minimum Gasteiger partial charge on any atom is -0.506 e. The molecule has 0 amide bonds. The second-order valence-corrected chi connectivity index (χ2v) is 4.76. The third-order valence-corrected chi connectivity index (χ3v) is 2.77. The molecule has 1 aromatic carbocycles. The van der Waals surface area contributed by atoms with E-state index in [1.165, 1.54) is 11.8 Å². The number of rotatable bonds is 5. The van der Waals surface area contributed by atoms with Gasteiger partial charge < -0.3 is 15.3 Å². The minimum absolute atomic E-state index is 0.191. The van der Waals surface area contributed by atoms with E-state index in [-0.39, 0.29) is 5.75 Å². The van der Waals surface area contributed by atoms with Crippen LogP contribution >= 0.6 is 0 Å². The van der Waals surface area contributed by atoms with Crippen LogP contribution in [-0.2, 0) is 13.1 Å². The summed E-state index contributed by atoms with van der Waals surface area (Å²) in [7, 11) is 4.11. The highest BCUT2D eigenvalue weighted by Gasteiger charge is 2.03. The van der Waals surface area contributed by atoms with Gasteiger partial charge in [0.05, 0.1) is 18.4 Å². The average Bonchev–Trinajstić information content (AvgIpc) is 2.39. The summed E-state index contributed by atoms with van der Waals surface area (Å²) in [4.78, 5) is 6.30. The highest BCUT2D eigenvalue weighted by molar-refractivity contribution is 5.51. The molecule has 0 atom stereocenters. The molecule has 2 aromatic rings. The molecule has 19 heavy (non-hydrogen) atoms. The summed E-state index contributed by atoms with van der Waals surface area (Å²) in [6.45, 7) is 1.54. The molecule has 0 aliphatic carbocycles. The Morgan fingerprint density at radius 1 is 1.16 bits per heavy atom. The van der Waals surface area contributed by atoms with Crippen LogP contribution in [0.25, 0.3) is 0 Å². The number of pyridine rings is 1. The summed E-state index contributed by atoms with van der Waals surface area (Å²) in [5.41, 5.74) is 3.27. The van der Waals surface area contributed by atoms with Crippen molar-refractivity contribution in [2.24, 2.45) is 0 Å². The minimum atomic E-state index is 0.191. The van der Waals surface area contributed by atoms with Crippen molar-refractivity contribution in [2.75, 3.05) is 19.4 Å². The maximum Gasteiger partial charge on any atom is 0.133 e. The van der Waals surface area contributed by atoms with Crippen molar-refractivity contribution in [3.63, 3.8) is 0 Å². The number of nitrogens with one attached hydrogen (secondary N) is 1. The van der Waals surface area contributed by atoms with Crippen LogP contribution < -0.4 is 5.32 Å². The number of benzene rings is 1. The number of nitrogens with zero attached hydrogens (tertiary/aromatic N) is 2. The first-order chi connectivity index (χ1) is 9.15. The van der Waals surface area contributed by atoms with Crippen LogP contribution in [0.15, 0.2) is 42.6 Å². The topological polar surface area (TPSA) is 48.4 Å². The van der Waals surface area contributed by atoms with Crippen LogP contribution in [0.2, 0.25) is 0 Å². The Hall–Kier alpha value is -2.07. The molecule has 0 aliphatic rings. The Kier molecular flexibility index (Phi) is 4.36. The maximum atomic E-state index is 9.20. The van der Waals surface area contributed by atoms with Crippen molar-refractivity contribution in [1.82, 2.24) is 9.88 Å². The monoisotopic (exact) mass is 257 g/mol. The van der Waals surface area contributed by atoms with Gasteiger partial charge in [-0.1, -0.05) is 18.2 Å². The number of para-hydroxylation sites is 1. The fourth-order valence-corrected chi connectivity index (χ4v) is 1.88. The summed E-state index contributed by atoms with van der Waals surface area (Å²) < 4.78 is 0. The summed E-state index contributed by atoms with van der Waals surface area (Å²) in [5.74, 6) is 0.191. The van der Waals surface area contributed by atoms with Crippen molar-refractivity contribution in [1.29, 1.82) is 0 Å². The molecule has 0 fully saturated rings. The lowest BCUT2D eigenvalue weighted by atomic mass is 10.1. The summed E-state index contributed by atoms with van der Waals surface area (Å²) in [6, 6.07) is 11.7. The molecule has 1 heterocycles. The van der Waals surface area contributed by atoms with Gasteiger partial charge in [0.15, 0.2) is 0 Å². The molecule has 0 saturated heterocycles. The predicted molar refractivity (Wildman–Crippen MR) is 77.1 cm³/mol. The van der Waals surface area contributed by atoms with Gasteiger partial charge in [-0.05, 0) is 37.9 Å². The largest absolute Gasteiger partial charge is 0.506 e. The van der Waals surface area contributed by atoms with Crippen LogP contribution in [0.4, 0.5) is 5.69 Å². The first kappa shape index (κ1) is 13.4.